The van der Waals surface area contributed by atoms with Gasteiger partial charge in [0.1, 0.15) is 10.9 Å². The summed E-state index contributed by atoms with van der Waals surface area (Å²) in [7, 11) is -3.32. The third-order valence-corrected chi connectivity index (χ3v) is 7.45. The number of aryl methyl sites for hydroxylation is 1. The zero-order valence-corrected chi connectivity index (χ0v) is 19.4. The Balaban J connectivity index is 2.21. The van der Waals surface area contributed by atoms with E-state index in [2.05, 4.69) is 10.8 Å². The summed E-state index contributed by atoms with van der Waals surface area (Å²) < 4.78 is 31.4. The van der Waals surface area contributed by atoms with E-state index in [1.807, 2.05) is 31.2 Å². The van der Waals surface area contributed by atoms with Gasteiger partial charge in [-0.1, -0.05) is 31.2 Å². The lowest BCUT2D eigenvalue weighted by molar-refractivity contribution is 0.0533. The van der Waals surface area contributed by atoms with E-state index in [4.69, 9.17) is 16.3 Å². The number of nitrogens with one attached hydrogen (secondary N) is 1. The Kier molecular flexibility index (Phi) is 9.31. The number of ether oxygens (including phenoxy) is 1. The van der Waals surface area contributed by atoms with Crippen LogP contribution in [-0.2, 0) is 27.6 Å². The van der Waals surface area contributed by atoms with Crippen LogP contribution in [-0.4, -0.2) is 39.2 Å². The molecule has 0 atom stereocenters. The van der Waals surface area contributed by atoms with Crippen LogP contribution in [0.4, 0.5) is 0 Å². The number of nitriles is 1. The third kappa shape index (κ3) is 6.29. The highest BCUT2D eigenvalue weighted by atomic mass is 35.5. The quantitative estimate of drug-likeness (QED) is 0.395. The van der Waals surface area contributed by atoms with Crippen LogP contribution in [0.1, 0.15) is 45.9 Å². The van der Waals surface area contributed by atoms with Crippen molar-refractivity contribution in [1.82, 2.24) is 4.72 Å². The van der Waals surface area contributed by atoms with Crippen LogP contribution in [0.2, 0.25) is 0 Å². The molecule has 0 spiro atoms. The van der Waals surface area contributed by atoms with Crippen LogP contribution < -0.4 is 4.72 Å². The second kappa shape index (κ2) is 11.5. The number of alkyl halides is 1. The van der Waals surface area contributed by atoms with Crippen molar-refractivity contribution >= 4 is 38.9 Å². The molecule has 6 nitrogen and oxygen atoms in total. The molecule has 1 aromatic heterocycles. The zero-order chi connectivity index (χ0) is 22.1. The fraction of sp³-hybridized carbons (Fsp3) is 0.429. The Morgan fingerprint density at radius 1 is 1.27 bits per heavy atom. The van der Waals surface area contributed by atoms with Gasteiger partial charge in [-0.15, -0.1) is 22.9 Å². The molecule has 2 rings (SSSR count). The van der Waals surface area contributed by atoms with Gasteiger partial charge in [-0.05, 0) is 37.3 Å². The van der Waals surface area contributed by atoms with E-state index >= 15 is 0 Å². The summed E-state index contributed by atoms with van der Waals surface area (Å²) >= 11 is 6.84. The Morgan fingerprint density at radius 3 is 2.53 bits per heavy atom. The first-order valence-electron chi connectivity index (χ1n) is 9.72. The van der Waals surface area contributed by atoms with Crippen LogP contribution in [0, 0.1) is 11.3 Å². The first-order valence-corrected chi connectivity index (χ1v) is 12.7. The van der Waals surface area contributed by atoms with Crippen molar-refractivity contribution in [2.75, 3.05) is 24.8 Å². The van der Waals surface area contributed by atoms with Gasteiger partial charge in [0.15, 0.2) is 0 Å². The number of halogens is 1. The molecule has 0 amide bonds. The second-order valence-electron chi connectivity index (χ2n) is 6.49. The minimum atomic E-state index is -3.32. The number of hydrogen-bond acceptors (Lipinski definition) is 6. The minimum absolute atomic E-state index is 0.0148. The number of esters is 1. The van der Waals surface area contributed by atoms with E-state index in [1.165, 1.54) is 11.3 Å². The van der Waals surface area contributed by atoms with Gasteiger partial charge in [-0.2, -0.15) is 5.26 Å². The van der Waals surface area contributed by atoms with Crippen molar-refractivity contribution in [1.29, 1.82) is 5.26 Å². The average Bonchev–Trinajstić information content (AvgIpc) is 3.11. The maximum absolute atomic E-state index is 12.4. The van der Waals surface area contributed by atoms with E-state index in [0.29, 0.717) is 47.7 Å². The molecule has 30 heavy (non-hydrogen) atoms. The molecule has 1 N–H and O–H groups in total. The largest absolute Gasteiger partial charge is 0.462 e. The Hall–Kier alpha value is -1.92. The average molecular weight is 469 g/mol. The standard InChI is InChI=1S/C21H25ClN2O4S2/c1-3-18-17(14-23)19(20(29-18)21(25)28-4-2)16-8-6-15(7-9-16)10-12-24-30(26,27)13-5-11-22/h6-9,24H,3-5,10-13H2,1-2H3. The zero-order valence-electron chi connectivity index (χ0n) is 17.0. The first-order chi connectivity index (χ1) is 14.4. The smallest absolute Gasteiger partial charge is 0.348 e. The Morgan fingerprint density at radius 2 is 1.97 bits per heavy atom. The summed E-state index contributed by atoms with van der Waals surface area (Å²) in [6, 6.07) is 9.68. The number of sulfonamides is 1. The number of hydrogen-bond donors (Lipinski definition) is 1. The molecule has 1 aromatic carbocycles. The molecule has 0 saturated carbocycles. The van der Waals surface area contributed by atoms with E-state index in [-0.39, 0.29) is 12.4 Å². The van der Waals surface area contributed by atoms with E-state index < -0.39 is 16.0 Å². The predicted molar refractivity (Wildman–Crippen MR) is 121 cm³/mol. The maximum Gasteiger partial charge on any atom is 0.348 e. The van der Waals surface area contributed by atoms with Crippen LogP contribution in [0.5, 0.6) is 0 Å². The molecule has 9 heteroatoms. The number of carbonyl (C=O) groups is 1. The number of carbonyl (C=O) groups excluding carboxylic acids is 1. The van der Waals surface area contributed by atoms with Crippen LogP contribution >= 0.6 is 22.9 Å². The van der Waals surface area contributed by atoms with E-state index in [1.54, 1.807) is 6.92 Å². The molecule has 0 unspecified atom stereocenters. The highest BCUT2D eigenvalue weighted by molar-refractivity contribution is 7.89. The number of nitrogens with zero attached hydrogens (tertiary/aromatic N) is 1. The van der Waals surface area contributed by atoms with Crippen molar-refractivity contribution in [2.24, 2.45) is 0 Å². The van der Waals surface area contributed by atoms with E-state index in [9.17, 15) is 18.5 Å². The normalized spacial score (nSPS) is 11.3. The highest BCUT2D eigenvalue weighted by Crippen LogP contribution is 2.37. The Labute approximate surface area is 186 Å². The molecule has 0 aliphatic carbocycles. The van der Waals surface area contributed by atoms with Gasteiger partial charge in [0.05, 0.1) is 17.9 Å². The summed E-state index contributed by atoms with van der Waals surface area (Å²) in [6.07, 6.45) is 1.60. The van der Waals surface area contributed by atoms with Crippen molar-refractivity contribution in [3.8, 4) is 17.2 Å². The summed E-state index contributed by atoms with van der Waals surface area (Å²) in [5.41, 5.74) is 2.81. The summed E-state index contributed by atoms with van der Waals surface area (Å²) in [6.45, 7) is 4.25. The van der Waals surface area contributed by atoms with Crippen molar-refractivity contribution in [3.05, 3.63) is 45.1 Å². The summed E-state index contributed by atoms with van der Waals surface area (Å²) in [5, 5.41) is 9.66. The van der Waals surface area contributed by atoms with Gasteiger partial charge in [-0.3, -0.25) is 0 Å². The molecule has 2 aromatic rings. The van der Waals surface area contributed by atoms with Crippen LogP contribution in [0.3, 0.4) is 0 Å². The van der Waals surface area contributed by atoms with Gasteiger partial charge in [0, 0.05) is 22.9 Å². The second-order valence-corrected chi connectivity index (χ2v) is 9.90. The molecular formula is C21H25ClN2O4S2. The molecule has 0 radical (unpaired) electrons. The number of rotatable bonds is 11. The lowest BCUT2D eigenvalue weighted by atomic mass is 9.98. The SMILES string of the molecule is CCOC(=O)c1sc(CC)c(C#N)c1-c1ccc(CCNS(=O)(=O)CCCCl)cc1. The molecule has 0 saturated heterocycles. The van der Waals surface area contributed by atoms with E-state index in [0.717, 1.165) is 16.0 Å². The molecule has 0 aliphatic rings. The molecule has 0 aliphatic heterocycles. The highest BCUT2D eigenvalue weighted by Gasteiger charge is 2.24. The first kappa shape index (κ1) is 24.4. The van der Waals surface area contributed by atoms with Crippen molar-refractivity contribution in [2.45, 2.75) is 33.1 Å². The topological polar surface area (TPSA) is 96.3 Å². The molecular weight excluding hydrogens is 444 g/mol. The number of thiophene rings is 1. The van der Waals surface area contributed by atoms with Gasteiger partial charge < -0.3 is 4.74 Å². The maximum atomic E-state index is 12.4. The van der Waals surface area contributed by atoms with Gasteiger partial charge in [0.2, 0.25) is 10.0 Å². The summed E-state index contributed by atoms with van der Waals surface area (Å²) in [4.78, 5) is 13.7. The van der Waals surface area contributed by atoms with Gasteiger partial charge >= 0.3 is 5.97 Å². The monoisotopic (exact) mass is 468 g/mol. The predicted octanol–water partition coefficient (Wildman–Crippen LogP) is 4.12. The number of benzene rings is 1. The fourth-order valence-electron chi connectivity index (χ4n) is 2.97. The minimum Gasteiger partial charge on any atom is -0.462 e. The van der Waals surface area contributed by atoms with Crippen LogP contribution in [0.15, 0.2) is 24.3 Å². The Bertz CT molecular complexity index is 1010. The molecule has 162 valence electrons. The lowest BCUT2D eigenvalue weighted by Gasteiger charge is -2.08. The third-order valence-electron chi connectivity index (χ3n) is 4.40. The molecule has 0 bridgehead atoms. The molecule has 1 heterocycles. The van der Waals surface area contributed by atoms with Crippen molar-refractivity contribution < 1.29 is 17.9 Å². The summed E-state index contributed by atoms with van der Waals surface area (Å²) in [5.74, 6) is -0.103. The van der Waals surface area contributed by atoms with Crippen molar-refractivity contribution in [3.63, 3.8) is 0 Å². The lowest BCUT2D eigenvalue weighted by Crippen LogP contribution is -2.28. The van der Waals surface area contributed by atoms with Crippen LogP contribution in [0.25, 0.3) is 11.1 Å². The van der Waals surface area contributed by atoms with Gasteiger partial charge in [0.25, 0.3) is 0 Å². The fourth-order valence-corrected chi connectivity index (χ4v) is 5.45. The van der Waals surface area contributed by atoms with Gasteiger partial charge in [-0.25, -0.2) is 17.9 Å². The molecule has 0 fully saturated rings.